The van der Waals surface area contributed by atoms with E-state index in [4.69, 9.17) is 4.98 Å². The minimum Gasteiger partial charge on any atom is -0.314 e. The van der Waals surface area contributed by atoms with E-state index in [9.17, 15) is 14.4 Å². The van der Waals surface area contributed by atoms with E-state index in [2.05, 4.69) is 53.1 Å². The molecule has 12 heteroatoms. The molecule has 1 fully saturated rings. The van der Waals surface area contributed by atoms with Gasteiger partial charge in [-0.15, -0.1) is 0 Å². The molecule has 0 unspecified atom stereocenters. The lowest BCUT2D eigenvalue weighted by molar-refractivity contribution is -0.138. The van der Waals surface area contributed by atoms with Crippen molar-refractivity contribution in [2.24, 2.45) is 5.41 Å². The third kappa shape index (κ3) is 4.63. The molecule has 1 N–H and O–H groups in total. The molecule has 0 saturated carbocycles. The van der Waals surface area contributed by atoms with Crippen LogP contribution in [0.25, 0.3) is 22.2 Å². The molecule has 0 spiro atoms. The lowest BCUT2D eigenvalue weighted by Gasteiger charge is -2.34. The molecule has 11 nitrogen and oxygen atoms in total. The Labute approximate surface area is 250 Å². The van der Waals surface area contributed by atoms with Gasteiger partial charge in [0.2, 0.25) is 11.8 Å². The second-order valence-electron chi connectivity index (χ2n) is 11.0. The number of Topliss-reactive ketones (excluding diaryl/α,β-unsaturated/α-hetero) is 1. The van der Waals surface area contributed by atoms with Gasteiger partial charge in [-0.3, -0.25) is 24.0 Å². The third-order valence-electron chi connectivity index (χ3n) is 7.82. The number of aromatic nitrogens is 6. The van der Waals surface area contributed by atoms with Gasteiger partial charge >= 0.3 is 0 Å². The Balaban J connectivity index is 1.34. The Kier molecular flexibility index (Phi) is 6.65. The van der Waals surface area contributed by atoms with Gasteiger partial charge in [0.25, 0.3) is 0 Å². The van der Waals surface area contributed by atoms with E-state index in [0.29, 0.717) is 50.5 Å². The summed E-state index contributed by atoms with van der Waals surface area (Å²) in [7, 11) is 0. The fourth-order valence-electron chi connectivity index (χ4n) is 5.62. The zero-order valence-corrected chi connectivity index (χ0v) is 25.3. The molecule has 2 amide bonds. The van der Waals surface area contributed by atoms with Gasteiger partial charge in [-0.1, -0.05) is 17.9 Å². The minimum atomic E-state index is -0.767. The summed E-state index contributed by atoms with van der Waals surface area (Å²) in [6.45, 7) is 8.67. The molecule has 6 rings (SSSR count). The number of nitrogens with one attached hydrogen (secondary N) is 1. The molecule has 3 atom stereocenters. The van der Waals surface area contributed by atoms with Crippen molar-refractivity contribution in [3.8, 4) is 23.1 Å². The predicted octanol–water partition coefficient (Wildman–Crippen LogP) is 3.81. The zero-order chi connectivity index (χ0) is 29.9. The Bertz CT molecular complexity index is 1870. The molecule has 0 bridgehead atoms. The Morgan fingerprint density at radius 1 is 1.14 bits per heavy atom. The summed E-state index contributed by atoms with van der Waals surface area (Å²) in [5.74, 6) is 6.38. The summed E-state index contributed by atoms with van der Waals surface area (Å²) >= 11 is 3.35. The number of hydrogen-bond acceptors (Lipinski definition) is 8. The molecule has 4 aromatic heterocycles. The fraction of sp³-hybridized carbons (Fsp3) is 0.333. The first-order valence-corrected chi connectivity index (χ1v) is 14.2. The minimum absolute atomic E-state index is 0.189. The first kappa shape index (κ1) is 27.7. The van der Waals surface area contributed by atoms with Gasteiger partial charge in [0, 0.05) is 30.3 Å². The summed E-state index contributed by atoms with van der Waals surface area (Å²) in [4.78, 5) is 59.3. The van der Waals surface area contributed by atoms with Crippen molar-refractivity contribution >= 4 is 50.2 Å². The summed E-state index contributed by atoms with van der Waals surface area (Å²) in [5, 5.41) is 8.02. The van der Waals surface area contributed by atoms with Gasteiger partial charge in [-0.2, -0.15) is 5.10 Å². The number of aryl methyl sites for hydroxylation is 3. The van der Waals surface area contributed by atoms with Gasteiger partial charge in [-0.05, 0) is 67.7 Å². The maximum Gasteiger partial charge on any atom is 0.248 e. The number of anilines is 1. The number of ketones is 1. The largest absolute Gasteiger partial charge is 0.314 e. The van der Waals surface area contributed by atoms with Gasteiger partial charge in [0.1, 0.15) is 40.6 Å². The Morgan fingerprint density at radius 3 is 2.55 bits per heavy atom. The van der Waals surface area contributed by atoms with Gasteiger partial charge in [-0.25, -0.2) is 15.0 Å². The molecule has 1 aliphatic heterocycles. The molecule has 0 aromatic carbocycles. The fourth-order valence-corrected chi connectivity index (χ4v) is 5.93. The third-order valence-corrected chi connectivity index (χ3v) is 8.26. The monoisotopic (exact) mass is 626 g/mol. The highest BCUT2D eigenvalue weighted by Gasteiger charge is 2.56. The van der Waals surface area contributed by atoms with E-state index in [0.717, 1.165) is 5.56 Å². The molecule has 0 radical (unpaired) electrons. The van der Waals surface area contributed by atoms with E-state index in [-0.39, 0.29) is 29.8 Å². The predicted molar refractivity (Wildman–Crippen MR) is 158 cm³/mol. The number of halogens is 1. The highest BCUT2D eigenvalue weighted by molar-refractivity contribution is 9.10. The van der Waals surface area contributed by atoms with Crippen LogP contribution in [0, 0.1) is 38.0 Å². The summed E-state index contributed by atoms with van der Waals surface area (Å²) in [6.07, 6.45) is 3.76. The molecule has 1 saturated heterocycles. The van der Waals surface area contributed by atoms with Crippen molar-refractivity contribution in [1.29, 1.82) is 0 Å². The molecule has 42 heavy (non-hydrogen) atoms. The molecule has 5 heterocycles. The zero-order valence-electron chi connectivity index (χ0n) is 23.7. The van der Waals surface area contributed by atoms with Gasteiger partial charge in [0.05, 0.1) is 22.3 Å². The van der Waals surface area contributed by atoms with Crippen LogP contribution in [0.1, 0.15) is 47.8 Å². The molecular formula is C30H27BrN8O3. The maximum absolute atomic E-state index is 14.0. The summed E-state index contributed by atoms with van der Waals surface area (Å²) in [6, 6.07) is 4.25. The standard InChI is InChI=1S/C30H27BrN8O3/c1-15-6-7-24(31)35-28(15)36-29(42)22-11-30(5)9-8-23(30)39(22)25(41)14-38-27-16(2)34-21(19-12-32-18(4)33-13-19)10-20(27)26(37-38)17(3)40/h6-7,10,12-13,22-23H,11,14H2,1-5H3,(H,35,36,42)/t22-,23+,30+/m0/s1. The van der Waals surface area contributed by atoms with Crippen LogP contribution in [0.3, 0.4) is 0 Å². The summed E-state index contributed by atoms with van der Waals surface area (Å²) in [5.41, 5.74) is 3.01. The molecule has 4 aromatic rings. The lowest BCUT2D eigenvalue weighted by atomic mass is 9.76. The van der Waals surface area contributed by atoms with E-state index < -0.39 is 17.5 Å². The van der Waals surface area contributed by atoms with Crippen LogP contribution >= 0.6 is 15.9 Å². The SMILES string of the molecule is CC(=O)c1nn(CC(=O)N2[C@H](C(=O)Nc3nc(Br)ccc3C)C[C@@]3(C)C#C[C@@H]23)c2c(C)nc(-c3cnc(C)nc3)cc12. The van der Waals surface area contributed by atoms with Crippen LogP contribution in [-0.4, -0.2) is 64.3 Å². The van der Waals surface area contributed by atoms with Crippen LogP contribution in [0.5, 0.6) is 0 Å². The topological polar surface area (TPSA) is 136 Å². The van der Waals surface area contributed by atoms with Crippen molar-refractivity contribution in [2.75, 3.05) is 5.32 Å². The number of pyridine rings is 2. The van der Waals surface area contributed by atoms with Crippen LogP contribution in [-0.2, 0) is 16.1 Å². The van der Waals surface area contributed by atoms with Crippen LogP contribution in [0.2, 0.25) is 0 Å². The van der Waals surface area contributed by atoms with Crippen LogP contribution in [0.4, 0.5) is 5.82 Å². The number of hydrogen-bond donors (Lipinski definition) is 1. The number of nitrogens with zero attached hydrogens (tertiary/aromatic N) is 7. The first-order valence-electron chi connectivity index (χ1n) is 13.4. The van der Waals surface area contributed by atoms with Gasteiger partial charge in [0.15, 0.2) is 5.78 Å². The van der Waals surface area contributed by atoms with Crippen molar-refractivity contribution in [3.05, 3.63) is 58.0 Å². The lowest BCUT2D eigenvalue weighted by Crippen LogP contribution is -2.50. The van der Waals surface area contributed by atoms with Crippen molar-refractivity contribution in [3.63, 3.8) is 0 Å². The van der Waals surface area contributed by atoms with Crippen molar-refractivity contribution in [1.82, 2.24) is 34.6 Å². The van der Waals surface area contributed by atoms with Crippen LogP contribution < -0.4 is 5.32 Å². The van der Waals surface area contributed by atoms with E-state index in [1.54, 1.807) is 43.3 Å². The van der Waals surface area contributed by atoms with Crippen LogP contribution in [0.15, 0.2) is 35.2 Å². The number of fused-ring (bicyclic) bond motifs is 2. The summed E-state index contributed by atoms with van der Waals surface area (Å²) < 4.78 is 2.09. The number of rotatable bonds is 6. The first-order chi connectivity index (χ1) is 19.9. The van der Waals surface area contributed by atoms with E-state index in [1.165, 1.54) is 11.6 Å². The molecule has 1 aliphatic carbocycles. The van der Waals surface area contributed by atoms with Gasteiger partial charge < -0.3 is 10.2 Å². The molecular weight excluding hydrogens is 600 g/mol. The second kappa shape index (κ2) is 10.1. The van der Waals surface area contributed by atoms with Crippen molar-refractivity contribution in [2.45, 2.75) is 59.7 Å². The number of likely N-dealkylation sites (tertiary alicyclic amines) is 1. The molecule has 2 aliphatic rings. The molecule has 212 valence electrons. The number of carbonyl (C=O) groups is 3. The quantitative estimate of drug-likeness (QED) is 0.194. The Hall–Kier alpha value is -4.50. The number of amides is 2. The Morgan fingerprint density at radius 2 is 1.88 bits per heavy atom. The average molecular weight is 628 g/mol. The second-order valence-corrected chi connectivity index (χ2v) is 11.8. The number of carbonyl (C=O) groups excluding carboxylic acids is 3. The highest BCUT2D eigenvalue weighted by Crippen LogP contribution is 2.45. The smallest absolute Gasteiger partial charge is 0.248 e. The van der Waals surface area contributed by atoms with E-state index >= 15 is 0 Å². The highest BCUT2D eigenvalue weighted by atomic mass is 79.9. The maximum atomic E-state index is 14.0. The average Bonchev–Trinajstić information content (AvgIpc) is 3.40. The van der Waals surface area contributed by atoms with Crippen molar-refractivity contribution < 1.29 is 14.4 Å². The normalized spacial score (nSPS) is 20.5. The van der Waals surface area contributed by atoms with E-state index in [1.807, 2.05) is 19.9 Å².